The van der Waals surface area contributed by atoms with Gasteiger partial charge in [-0.05, 0) is 19.1 Å². The lowest BCUT2D eigenvalue weighted by atomic mass is 10.1. The van der Waals surface area contributed by atoms with Crippen LogP contribution in [0.4, 0.5) is 4.79 Å². The molecule has 0 radical (unpaired) electrons. The number of halogens is 1. The molecule has 0 N–H and O–H groups in total. The molecule has 1 aliphatic rings. The number of nitrogens with zero attached hydrogens (tertiary/aromatic N) is 1. The van der Waals surface area contributed by atoms with Gasteiger partial charge in [-0.25, -0.2) is 4.79 Å². The van der Waals surface area contributed by atoms with Gasteiger partial charge in [-0.1, -0.05) is 28.1 Å². The first-order valence-corrected chi connectivity index (χ1v) is 8.49. The van der Waals surface area contributed by atoms with Gasteiger partial charge in [0.15, 0.2) is 5.78 Å². The summed E-state index contributed by atoms with van der Waals surface area (Å²) in [4.78, 5) is 37.1. The number of Topliss-reactive ketones (excluding diaryl/α,β-unsaturated/α-hetero) is 1. The highest BCUT2D eigenvalue weighted by atomic mass is 79.9. The Morgan fingerprint density at radius 2 is 1.87 bits per heavy atom. The molecule has 1 heterocycles. The summed E-state index contributed by atoms with van der Waals surface area (Å²) in [5, 5.41) is 0. The number of imide groups is 1. The van der Waals surface area contributed by atoms with Crippen molar-refractivity contribution in [1.29, 1.82) is 0 Å². The molecule has 0 spiro atoms. The van der Waals surface area contributed by atoms with Gasteiger partial charge in [-0.15, -0.1) is 0 Å². The van der Waals surface area contributed by atoms with E-state index in [0.29, 0.717) is 12.1 Å². The van der Waals surface area contributed by atoms with Crippen molar-refractivity contribution in [2.24, 2.45) is 0 Å². The van der Waals surface area contributed by atoms with Crippen LogP contribution in [0.5, 0.6) is 0 Å². The highest BCUT2D eigenvalue weighted by Crippen LogP contribution is 2.30. The van der Waals surface area contributed by atoms with Crippen LogP contribution in [0.15, 0.2) is 28.7 Å². The number of rotatable bonds is 4. The van der Waals surface area contributed by atoms with E-state index in [0.717, 1.165) is 17.3 Å². The Labute approximate surface area is 144 Å². The van der Waals surface area contributed by atoms with Crippen LogP contribution < -0.4 is 0 Å². The fourth-order valence-corrected chi connectivity index (χ4v) is 3.45. The molecule has 1 aromatic carbocycles. The lowest BCUT2D eigenvalue weighted by Gasteiger charge is -2.30. The lowest BCUT2D eigenvalue weighted by Crippen LogP contribution is -2.59. The van der Waals surface area contributed by atoms with E-state index in [1.807, 2.05) is 6.92 Å². The van der Waals surface area contributed by atoms with Crippen molar-refractivity contribution in [3.63, 3.8) is 0 Å². The van der Waals surface area contributed by atoms with Crippen LogP contribution in [-0.2, 0) is 9.53 Å². The fourth-order valence-electron chi connectivity index (χ4n) is 3.18. The van der Waals surface area contributed by atoms with Crippen LogP contribution in [-0.4, -0.2) is 42.0 Å². The average Bonchev–Trinajstić information content (AvgIpc) is 2.94. The van der Waals surface area contributed by atoms with Crippen LogP contribution in [0.2, 0.25) is 0 Å². The number of ketones is 1. The van der Waals surface area contributed by atoms with Crippen LogP contribution in [0.3, 0.4) is 0 Å². The number of likely N-dealkylation sites (tertiary alicyclic amines) is 1. The van der Waals surface area contributed by atoms with Crippen molar-refractivity contribution in [3.8, 4) is 0 Å². The number of quaternary nitrogens is 1. The Morgan fingerprint density at radius 1 is 1.22 bits per heavy atom. The Kier molecular flexibility index (Phi) is 5.70. The number of carbonyl (C=O) groups excluding carboxylic acids is 3. The van der Waals surface area contributed by atoms with Gasteiger partial charge in [0, 0.05) is 29.3 Å². The first-order valence-electron chi connectivity index (χ1n) is 7.70. The molecule has 0 aromatic heterocycles. The van der Waals surface area contributed by atoms with Crippen molar-refractivity contribution in [2.75, 3.05) is 13.7 Å². The van der Waals surface area contributed by atoms with Crippen molar-refractivity contribution < 1.29 is 23.6 Å². The third-order valence-electron chi connectivity index (χ3n) is 4.56. The molecule has 1 aliphatic heterocycles. The number of carbonyl (C=O) groups is 3. The van der Waals surface area contributed by atoms with Gasteiger partial charge in [-0.3, -0.25) is 4.79 Å². The highest BCUT2D eigenvalue weighted by Gasteiger charge is 2.53. The van der Waals surface area contributed by atoms with Crippen molar-refractivity contribution >= 4 is 33.7 Å². The number of benzene rings is 1. The number of ether oxygens (including phenoxy) is 1. The standard InChI is InChI=1S/C17H21BrNO4/c1-12-4-3-11-19(12,17(22)23-2)16(21)10-9-15(20)13-5-7-14(18)8-6-13/h5-8,12H,3-4,9-11H2,1-2H3/q+1/t12-,19?/m1/s1. The molecule has 0 saturated carbocycles. The minimum Gasteiger partial charge on any atom is -0.423 e. The second-order valence-corrected chi connectivity index (χ2v) is 6.79. The zero-order valence-corrected chi connectivity index (χ0v) is 15.0. The Balaban J connectivity index is 2.06. The molecule has 0 aliphatic carbocycles. The molecule has 1 fully saturated rings. The number of amides is 2. The minimum atomic E-state index is -0.518. The molecule has 5 nitrogen and oxygen atoms in total. The molecule has 2 atom stereocenters. The number of methoxy groups -OCH3 is 1. The summed E-state index contributed by atoms with van der Waals surface area (Å²) in [5.41, 5.74) is 0.570. The molecule has 1 unspecified atom stereocenters. The maximum atomic E-state index is 12.7. The monoisotopic (exact) mass is 382 g/mol. The molecule has 1 aromatic rings. The Hall–Kier alpha value is -1.53. The second kappa shape index (κ2) is 7.36. The number of hydrogen-bond acceptors (Lipinski definition) is 4. The predicted octanol–water partition coefficient (Wildman–Crippen LogP) is 3.70. The molecule has 23 heavy (non-hydrogen) atoms. The van der Waals surface area contributed by atoms with Crippen molar-refractivity contribution in [1.82, 2.24) is 0 Å². The fraction of sp³-hybridized carbons (Fsp3) is 0.471. The molecule has 2 rings (SSSR count). The minimum absolute atomic E-state index is 0.0499. The Morgan fingerprint density at radius 3 is 2.39 bits per heavy atom. The molecule has 1 saturated heterocycles. The largest absolute Gasteiger partial charge is 0.523 e. The summed E-state index contributed by atoms with van der Waals surface area (Å²) in [6, 6.07) is 6.93. The molecular formula is C17H21BrNO4+. The molecule has 2 amide bonds. The highest BCUT2D eigenvalue weighted by molar-refractivity contribution is 9.10. The van der Waals surface area contributed by atoms with E-state index < -0.39 is 6.09 Å². The first kappa shape index (κ1) is 17.8. The third-order valence-corrected chi connectivity index (χ3v) is 5.09. The van der Waals surface area contributed by atoms with E-state index >= 15 is 0 Å². The zero-order valence-electron chi connectivity index (χ0n) is 13.4. The van der Waals surface area contributed by atoms with Gasteiger partial charge in [0.2, 0.25) is 0 Å². The van der Waals surface area contributed by atoms with E-state index in [1.54, 1.807) is 24.3 Å². The summed E-state index contributed by atoms with van der Waals surface area (Å²) in [6.07, 6.45) is 1.25. The van der Waals surface area contributed by atoms with Crippen molar-refractivity contribution in [3.05, 3.63) is 34.3 Å². The van der Waals surface area contributed by atoms with Crippen molar-refractivity contribution in [2.45, 2.75) is 38.6 Å². The SMILES string of the molecule is COC(=O)[N+]1(C(=O)CCC(=O)c2ccc(Br)cc2)CCC[C@H]1C. The smallest absolute Gasteiger partial charge is 0.423 e. The van der Waals surface area contributed by atoms with Gasteiger partial charge < -0.3 is 4.74 Å². The second-order valence-electron chi connectivity index (χ2n) is 5.88. The molecule has 6 heteroatoms. The van der Waals surface area contributed by atoms with E-state index in [2.05, 4.69) is 15.9 Å². The predicted molar refractivity (Wildman–Crippen MR) is 88.9 cm³/mol. The van der Waals surface area contributed by atoms with E-state index in [1.165, 1.54) is 7.11 Å². The van der Waals surface area contributed by atoms with Crippen LogP contribution in [0, 0.1) is 0 Å². The van der Waals surface area contributed by atoms with Gasteiger partial charge in [-0.2, -0.15) is 9.28 Å². The summed E-state index contributed by atoms with van der Waals surface area (Å²) in [6.45, 7) is 2.34. The zero-order chi connectivity index (χ0) is 17.0. The molecule has 0 bridgehead atoms. The van der Waals surface area contributed by atoms with Crippen LogP contribution in [0.1, 0.15) is 43.0 Å². The van der Waals surface area contributed by atoms with Gasteiger partial charge in [0.05, 0.1) is 20.1 Å². The van der Waals surface area contributed by atoms with Gasteiger partial charge >= 0.3 is 12.0 Å². The molecular weight excluding hydrogens is 362 g/mol. The quantitative estimate of drug-likeness (QED) is 0.588. The Bertz CT molecular complexity index is 614. The summed E-state index contributed by atoms with van der Waals surface area (Å²) in [5.74, 6) is -0.326. The normalized spacial score (nSPS) is 23.5. The average molecular weight is 383 g/mol. The maximum absolute atomic E-state index is 12.7. The van der Waals surface area contributed by atoms with Gasteiger partial charge in [0.25, 0.3) is 0 Å². The van der Waals surface area contributed by atoms with E-state index in [9.17, 15) is 14.4 Å². The molecule has 124 valence electrons. The van der Waals surface area contributed by atoms with E-state index in [-0.39, 0.29) is 35.1 Å². The van der Waals surface area contributed by atoms with Crippen LogP contribution >= 0.6 is 15.9 Å². The summed E-state index contributed by atoms with van der Waals surface area (Å²) >= 11 is 3.32. The lowest BCUT2D eigenvalue weighted by molar-refractivity contribution is -0.792. The van der Waals surface area contributed by atoms with Crippen LogP contribution in [0.25, 0.3) is 0 Å². The summed E-state index contributed by atoms with van der Waals surface area (Å²) < 4.78 is 5.46. The van der Waals surface area contributed by atoms with E-state index in [4.69, 9.17) is 4.74 Å². The number of hydrogen-bond donors (Lipinski definition) is 0. The van der Waals surface area contributed by atoms with Gasteiger partial charge in [0.1, 0.15) is 6.04 Å². The summed E-state index contributed by atoms with van der Waals surface area (Å²) in [7, 11) is 1.30. The topological polar surface area (TPSA) is 60.4 Å². The maximum Gasteiger partial charge on any atom is 0.523 e. The first-order chi connectivity index (χ1) is 10.9. The third kappa shape index (κ3) is 3.53.